The van der Waals surface area contributed by atoms with E-state index in [1.54, 1.807) is 0 Å². The standard InChI is InChI=1S/C16H16F3N5O3/c17-10-2-1-8(23-14(26)11-4-22-13(25)5-21-11)3-9(10)16(15(18)19)7-27-6-12(20)24-16/h2-5,8,15H,1,6-7H2,(H2,20,24)(H,22,25)(H,23,26)/t8?,16-/m0/s1. The number of carbonyl (C=O) groups excluding carboxylic acids is 1. The molecule has 0 fully saturated rings. The van der Waals surface area contributed by atoms with E-state index in [0.717, 1.165) is 18.5 Å². The first-order chi connectivity index (χ1) is 12.8. The van der Waals surface area contributed by atoms with E-state index < -0.39 is 47.5 Å². The summed E-state index contributed by atoms with van der Waals surface area (Å²) in [7, 11) is 0. The molecule has 1 unspecified atom stereocenters. The second-order valence-corrected chi connectivity index (χ2v) is 6.07. The minimum absolute atomic E-state index is 0.0454. The fraction of sp³-hybridized carbons (Fsp3) is 0.375. The van der Waals surface area contributed by atoms with Gasteiger partial charge in [-0.2, -0.15) is 0 Å². The molecule has 2 atom stereocenters. The number of aliphatic imine (C=N–C) groups is 1. The predicted molar refractivity (Wildman–Crippen MR) is 89.2 cm³/mol. The van der Waals surface area contributed by atoms with Crippen molar-refractivity contribution in [1.29, 1.82) is 0 Å². The van der Waals surface area contributed by atoms with Crippen LogP contribution in [-0.2, 0) is 4.74 Å². The minimum Gasteiger partial charge on any atom is -0.385 e. The number of nitrogens with zero attached hydrogens (tertiary/aromatic N) is 2. The van der Waals surface area contributed by atoms with E-state index in [4.69, 9.17) is 10.5 Å². The number of amides is 1. The molecule has 1 aromatic rings. The molecule has 27 heavy (non-hydrogen) atoms. The van der Waals surface area contributed by atoms with Crippen LogP contribution < -0.4 is 16.6 Å². The van der Waals surface area contributed by atoms with Gasteiger partial charge in [0.2, 0.25) is 0 Å². The van der Waals surface area contributed by atoms with Crippen molar-refractivity contribution in [3.63, 3.8) is 0 Å². The Morgan fingerprint density at radius 2 is 2.26 bits per heavy atom. The van der Waals surface area contributed by atoms with Gasteiger partial charge in [-0.25, -0.2) is 18.2 Å². The highest BCUT2D eigenvalue weighted by Crippen LogP contribution is 2.38. The number of alkyl halides is 2. The van der Waals surface area contributed by atoms with Crippen LogP contribution in [0.3, 0.4) is 0 Å². The molecule has 0 spiro atoms. The Balaban J connectivity index is 1.88. The van der Waals surface area contributed by atoms with Crippen molar-refractivity contribution in [2.75, 3.05) is 13.2 Å². The quantitative estimate of drug-likeness (QED) is 0.697. The first-order valence-corrected chi connectivity index (χ1v) is 7.96. The molecule has 1 aliphatic heterocycles. The average Bonchev–Trinajstić information content (AvgIpc) is 2.63. The zero-order chi connectivity index (χ0) is 19.6. The summed E-state index contributed by atoms with van der Waals surface area (Å²) in [6, 6.07) is -0.783. The van der Waals surface area contributed by atoms with Gasteiger partial charge in [0.1, 0.15) is 24.0 Å². The SMILES string of the molecule is NC1=N[C@@](C2=CC(NC(=O)c3c[nH]c(=O)cn3)CC=C2F)(C(F)F)COC1. The number of aromatic amines is 1. The highest BCUT2D eigenvalue weighted by molar-refractivity contribution is 5.92. The maximum atomic E-state index is 14.4. The summed E-state index contributed by atoms with van der Waals surface area (Å²) in [4.78, 5) is 32.9. The first-order valence-electron chi connectivity index (χ1n) is 7.96. The normalized spacial score (nSPS) is 25.5. The van der Waals surface area contributed by atoms with Gasteiger partial charge in [0.05, 0.1) is 18.8 Å². The molecule has 2 heterocycles. The molecule has 4 N–H and O–H groups in total. The number of aromatic nitrogens is 2. The monoisotopic (exact) mass is 383 g/mol. The molecule has 0 saturated heterocycles. The molecule has 0 bridgehead atoms. The second-order valence-electron chi connectivity index (χ2n) is 6.07. The van der Waals surface area contributed by atoms with E-state index in [1.807, 2.05) is 0 Å². The summed E-state index contributed by atoms with van der Waals surface area (Å²) in [6.07, 6.45) is 1.28. The third kappa shape index (κ3) is 3.77. The zero-order valence-corrected chi connectivity index (χ0v) is 13.9. The largest absolute Gasteiger partial charge is 0.385 e. The zero-order valence-electron chi connectivity index (χ0n) is 13.9. The van der Waals surface area contributed by atoms with Crippen LogP contribution in [0.25, 0.3) is 0 Å². The van der Waals surface area contributed by atoms with E-state index in [2.05, 4.69) is 20.3 Å². The lowest BCUT2D eigenvalue weighted by molar-refractivity contribution is 0.00775. The number of hydrogen-bond donors (Lipinski definition) is 3. The van der Waals surface area contributed by atoms with Crippen molar-refractivity contribution in [2.24, 2.45) is 10.7 Å². The molecular weight excluding hydrogens is 367 g/mol. The van der Waals surface area contributed by atoms with E-state index in [1.165, 1.54) is 6.08 Å². The highest BCUT2D eigenvalue weighted by Gasteiger charge is 2.48. The molecule has 3 rings (SSSR count). The van der Waals surface area contributed by atoms with Crippen LogP contribution in [0.15, 0.2) is 45.7 Å². The topological polar surface area (TPSA) is 122 Å². The summed E-state index contributed by atoms with van der Waals surface area (Å²) in [5.74, 6) is -1.69. The number of nitrogens with two attached hydrogens (primary N) is 1. The number of ether oxygens (including phenoxy) is 1. The van der Waals surface area contributed by atoms with Crippen LogP contribution in [0, 0.1) is 0 Å². The van der Waals surface area contributed by atoms with Gasteiger partial charge in [-0.3, -0.25) is 14.6 Å². The lowest BCUT2D eigenvalue weighted by atomic mass is 9.84. The Kier molecular flexibility index (Phi) is 5.13. The smallest absolute Gasteiger partial charge is 0.271 e. The minimum atomic E-state index is -3.07. The van der Waals surface area contributed by atoms with Crippen molar-refractivity contribution in [2.45, 2.75) is 24.4 Å². The molecule has 0 aromatic carbocycles. The molecule has 1 amide bonds. The summed E-state index contributed by atoms with van der Waals surface area (Å²) >= 11 is 0. The number of hydrogen-bond acceptors (Lipinski definition) is 6. The number of amidine groups is 1. The van der Waals surface area contributed by atoms with Crippen molar-refractivity contribution >= 4 is 11.7 Å². The number of nitrogens with one attached hydrogen (secondary N) is 2. The van der Waals surface area contributed by atoms with Gasteiger partial charge in [-0.05, 0) is 12.5 Å². The van der Waals surface area contributed by atoms with Crippen LogP contribution in [0.5, 0.6) is 0 Å². The summed E-state index contributed by atoms with van der Waals surface area (Å²) in [6.45, 7) is -0.661. The van der Waals surface area contributed by atoms with E-state index in [9.17, 15) is 22.8 Å². The molecule has 2 aliphatic rings. The van der Waals surface area contributed by atoms with Gasteiger partial charge in [0, 0.05) is 11.8 Å². The van der Waals surface area contributed by atoms with Gasteiger partial charge in [-0.1, -0.05) is 6.08 Å². The summed E-state index contributed by atoms with van der Waals surface area (Å²) < 4.78 is 47.0. The van der Waals surface area contributed by atoms with Crippen LogP contribution in [0.1, 0.15) is 16.9 Å². The Bertz CT molecular complexity index is 875. The average molecular weight is 383 g/mol. The first kappa shape index (κ1) is 18.8. The van der Waals surface area contributed by atoms with Crippen LogP contribution in [-0.4, -0.2) is 52.9 Å². The maximum absolute atomic E-state index is 14.4. The Labute approximate surface area is 151 Å². The fourth-order valence-electron chi connectivity index (χ4n) is 2.85. The molecular formula is C16H16F3N5O3. The number of H-pyrrole nitrogens is 1. The molecule has 0 radical (unpaired) electrons. The lowest BCUT2D eigenvalue weighted by Gasteiger charge is -2.36. The Hall–Kier alpha value is -2.95. The van der Waals surface area contributed by atoms with Crippen LogP contribution in [0.4, 0.5) is 13.2 Å². The molecule has 8 nitrogen and oxygen atoms in total. The number of rotatable bonds is 4. The number of halogens is 3. The van der Waals surface area contributed by atoms with Crippen LogP contribution >= 0.6 is 0 Å². The maximum Gasteiger partial charge on any atom is 0.271 e. The number of carbonyl (C=O) groups is 1. The van der Waals surface area contributed by atoms with Crippen LogP contribution in [0.2, 0.25) is 0 Å². The third-order valence-corrected chi connectivity index (χ3v) is 4.14. The van der Waals surface area contributed by atoms with Crippen molar-refractivity contribution < 1.29 is 22.7 Å². The molecule has 0 saturated carbocycles. The highest BCUT2D eigenvalue weighted by atomic mass is 19.3. The van der Waals surface area contributed by atoms with E-state index in [0.29, 0.717) is 0 Å². The van der Waals surface area contributed by atoms with E-state index in [-0.39, 0.29) is 24.6 Å². The van der Waals surface area contributed by atoms with Crippen molar-refractivity contribution in [3.05, 3.63) is 52.0 Å². The van der Waals surface area contributed by atoms with E-state index >= 15 is 0 Å². The summed E-state index contributed by atoms with van der Waals surface area (Å²) in [5.41, 5.74) is 2.29. The predicted octanol–water partition coefficient (Wildman–Crippen LogP) is 0.443. The van der Waals surface area contributed by atoms with Gasteiger partial charge in [0.25, 0.3) is 17.9 Å². The molecule has 11 heteroatoms. The van der Waals surface area contributed by atoms with Gasteiger partial charge >= 0.3 is 0 Å². The van der Waals surface area contributed by atoms with Gasteiger partial charge in [0.15, 0.2) is 5.54 Å². The Morgan fingerprint density at radius 3 is 2.89 bits per heavy atom. The fourth-order valence-corrected chi connectivity index (χ4v) is 2.85. The van der Waals surface area contributed by atoms with Gasteiger partial charge < -0.3 is 20.8 Å². The molecule has 1 aromatic heterocycles. The molecule has 144 valence electrons. The van der Waals surface area contributed by atoms with Crippen molar-refractivity contribution in [3.8, 4) is 0 Å². The second kappa shape index (κ2) is 7.35. The molecule has 1 aliphatic carbocycles. The van der Waals surface area contributed by atoms with Crippen molar-refractivity contribution in [1.82, 2.24) is 15.3 Å². The van der Waals surface area contributed by atoms with Gasteiger partial charge in [-0.15, -0.1) is 0 Å². The Morgan fingerprint density at radius 1 is 1.48 bits per heavy atom. The third-order valence-electron chi connectivity index (χ3n) is 4.14. The lowest BCUT2D eigenvalue weighted by Crippen LogP contribution is -2.50. The summed E-state index contributed by atoms with van der Waals surface area (Å²) in [5, 5.41) is 2.54.